The summed E-state index contributed by atoms with van der Waals surface area (Å²) >= 11 is 0. The second-order valence-corrected chi connectivity index (χ2v) is 8.07. The molecule has 132 valence electrons. The fourth-order valence-electron chi connectivity index (χ4n) is 5.40. The molecule has 5 rings (SSSR count). The van der Waals surface area contributed by atoms with Crippen molar-refractivity contribution in [3.05, 3.63) is 29.8 Å². The van der Waals surface area contributed by atoms with Crippen LogP contribution in [-0.4, -0.2) is 46.5 Å². The van der Waals surface area contributed by atoms with Crippen molar-refractivity contribution in [2.75, 3.05) is 13.1 Å². The lowest BCUT2D eigenvalue weighted by Gasteiger charge is -2.37. The lowest BCUT2D eigenvalue weighted by Crippen LogP contribution is -2.46. The molecule has 3 fully saturated rings. The van der Waals surface area contributed by atoms with E-state index in [0.29, 0.717) is 49.6 Å². The predicted octanol–water partition coefficient (Wildman–Crippen LogP) is 2.03. The van der Waals surface area contributed by atoms with Crippen molar-refractivity contribution in [2.45, 2.75) is 43.8 Å². The Bertz CT molecular complexity index is 739. The van der Waals surface area contributed by atoms with Gasteiger partial charge in [-0.2, -0.15) is 0 Å². The Kier molecular flexibility index (Phi) is 3.26. The van der Waals surface area contributed by atoms with Gasteiger partial charge in [0, 0.05) is 24.9 Å². The molecule has 4 atom stereocenters. The van der Waals surface area contributed by atoms with Crippen LogP contribution < -0.4 is 4.74 Å². The van der Waals surface area contributed by atoms with E-state index in [-0.39, 0.29) is 29.6 Å². The molecule has 2 aliphatic carbocycles. The molecule has 2 aliphatic heterocycles. The highest BCUT2D eigenvalue weighted by Crippen LogP contribution is 2.66. The molecule has 1 amide bonds. The zero-order chi connectivity index (χ0) is 17.2. The van der Waals surface area contributed by atoms with E-state index in [9.17, 15) is 14.7 Å². The maximum absolute atomic E-state index is 12.9. The van der Waals surface area contributed by atoms with Gasteiger partial charge >= 0.3 is 0 Å². The summed E-state index contributed by atoms with van der Waals surface area (Å²) in [6, 6.07) is 7.45. The van der Waals surface area contributed by atoms with Gasteiger partial charge in [0.15, 0.2) is 5.78 Å². The van der Waals surface area contributed by atoms with Crippen LogP contribution in [0.15, 0.2) is 24.3 Å². The number of likely N-dealkylation sites (tertiary alicyclic amines) is 1. The summed E-state index contributed by atoms with van der Waals surface area (Å²) in [5, 5.41) is 9.65. The van der Waals surface area contributed by atoms with Crippen molar-refractivity contribution in [3.8, 4) is 5.75 Å². The smallest absolute Gasteiger partial charge is 0.226 e. The van der Waals surface area contributed by atoms with Crippen molar-refractivity contribution in [2.24, 2.45) is 17.8 Å². The summed E-state index contributed by atoms with van der Waals surface area (Å²) in [6.07, 6.45) is 3.29. The van der Waals surface area contributed by atoms with Crippen molar-refractivity contribution in [1.29, 1.82) is 0 Å². The van der Waals surface area contributed by atoms with E-state index >= 15 is 0 Å². The number of aliphatic hydroxyl groups excluding tert-OH is 1. The maximum Gasteiger partial charge on any atom is 0.226 e. The zero-order valence-corrected chi connectivity index (χ0v) is 14.2. The first-order valence-electron chi connectivity index (χ1n) is 9.37. The topological polar surface area (TPSA) is 66.8 Å². The van der Waals surface area contributed by atoms with E-state index in [1.165, 1.54) is 0 Å². The molecule has 1 saturated heterocycles. The molecule has 2 heterocycles. The Hall–Kier alpha value is -1.88. The van der Waals surface area contributed by atoms with Crippen LogP contribution in [0.5, 0.6) is 5.75 Å². The molecule has 25 heavy (non-hydrogen) atoms. The number of ether oxygens (including phenoxy) is 1. The molecular formula is C20H23NO4. The van der Waals surface area contributed by atoms with Crippen molar-refractivity contribution < 1.29 is 19.4 Å². The molecule has 5 heteroatoms. The number of carbonyl (C=O) groups is 2. The molecule has 4 unspecified atom stereocenters. The molecule has 1 spiro atoms. The fourth-order valence-corrected chi connectivity index (χ4v) is 5.40. The van der Waals surface area contributed by atoms with Gasteiger partial charge in [-0.1, -0.05) is 12.1 Å². The van der Waals surface area contributed by atoms with Crippen LogP contribution in [0.25, 0.3) is 0 Å². The third kappa shape index (κ3) is 2.25. The summed E-state index contributed by atoms with van der Waals surface area (Å²) in [4.78, 5) is 27.5. The van der Waals surface area contributed by atoms with Crippen LogP contribution in [0.4, 0.5) is 0 Å². The van der Waals surface area contributed by atoms with Crippen molar-refractivity contribution in [1.82, 2.24) is 4.90 Å². The average Bonchev–Trinajstić information content (AvgIpc) is 3.26. The third-order valence-electron chi connectivity index (χ3n) is 6.70. The Morgan fingerprint density at radius 3 is 2.76 bits per heavy atom. The number of nitrogens with zero attached hydrogens (tertiary/aromatic N) is 1. The number of hydrogen-bond acceptors (Lipinski definition) is 4. The second-order valence-electron chi connectivity index (χ2n) is 8.07. The minimum atomic E-state index is -0.480. The number of amides is 1. The normalized spacial score (nSPS) is 36.8. The van der Waals surface area contributed by atoms with E-state index < -0.39 is 5.60 Å². The highest BCUT2D eigenvalue weighted by Gasteiger charge is 2.71. The Balaban J connectivity index is 1.36. The number of para-hydroxylation sites is 1. The minimum Gasteiger partial charge on any atom is -0.486 e. The number of carbonyl (C=O) groups excluding carboxylic acids is 2. The van der Waals surface area contributed by atoms with E-state index in [1.54, 1.807) is 0 Å². The van der Waals surface area contributed by atoms with Crippen molar-refractivity contribution >= 4 is 11.7 Å². The monoisotopic (exact) mass is 341 g/mol. The van der Waals surface area contributed by atoms with Crippen LogP contribution in [0.2, 0.25) is 0 Å². The first-order valence-corrected chi connectivity index (χ1v) is 9.37. The lowest BCUT2D eigenvalue weighted by molar-refractivity contribution is -0.136. The summed E-state index contributed by atoms with van der Waals surface area (Å²) in [5.74, 6) is 1.56. The van der Waals surface area contributed by atoms with E-state index in [0.717, 1.165) is 12.8 Å². The van der Waals surface area contributed by atoms with Crippen LogP contribution >= 0.6 is 0 Å². The van der Waals surface area contributed by atoms with Crippen LogP contribution in [-0.2, 0) is 4.79 Å². The number of piperidine rings is 1. The number of benzene rings is 1. The highest BCUT2D eigenvalue weighted by atomic mass is 16.5. The van der Waals surface area contributed by atoms with Gasteiger partial charge in [-0.15, -0.1) is 0 Å². The number of rotatable bonds is 1. The Morgan fingerprint density at radius 1 is 1.20 bits per heavy atom. The van der Waals surface area contributed by atoms with Gasteiger partial charge in [-0.05, 0) is 43.7 Å². The van der Waals surface area contributed by atoms with Gasteiger partial charge in [0.2, 0.25) is 5.91 Å². The van der Waals surface area contributed by atoms with Crippen LogP contribution in [0, 0.1) is 17.8 Å². The van der Waals surface area contributed by atoms with Gasteiger partial charge in [-0.25, -0.2) is 0 Å². The van der Waals surface area contributed by atoms with Gasteiger partial charge in [-0.3, -0.25) is 9.59 Å². The summed E-state index contributed by atoms with van der Waals surface area (Å²) < 4.78 is 6.36. The first-order chi connectivity index (χ1) is 12.1. The SMILES string of the molecule is O=C1CC2(CCC3C(C(=O)N4CCC(O)CC4)C32)Oc2ccccc21. The van der Waals surface area contributed by atoms with Crippen molar-refractivity contribution in [3.63, 3.8) is 0 Å². The standard InChI is InChI=1S/C20H23NO4/c22-12-6-9-21(10-7-12)19(24)17-14-5-8-20(18(14)17)11-15(23)13-3-1-2-4-16(13)25-20/h1-4,12,14,17-18,22H,5-11H2. The summed E-state index contributed by atoms with van der Waals surface area (Å²) in [7, 11) is 0. The molecule has 5 nitrogen and oxygen atoms in total. The summed E-state index contributed by atoms with van der Waals surface area (Å²) in [5.41, 5.74) is 0.191. The third-order valence-corrected chi connectivity index (χ3v) is 6.70. The Labute approximate surface area is 147 Å². The summed E-state index contributed by atoms with van der Waals surface area (Å²) in [6.45, 7) is 1.29. The molecular weight excluding hydrogens is 318 g/mol. The number of aliphatic hydroxyl groups is 1. The largest absolute Gasteiger partial charge is 0.486 e. The Morgan fingerprint density at radius 2 is 1.96 bits per heavy atom. The zero-order valence-electron chi connectivity index (χ0n) is 14.2. The number of fused-ring (bicyclic) bond motifs is 3. The molecule has 2 saturated carbocycles. The molecule has 1 aromatic carbocycles. The second kappa shape index (κ2) is 5.31. The van der Waals surface area contributed by atoms with Crippen LogP contribution in [0.1, 0.15) is 42.5 Å². The van der Waals surface area contributed by atoms with Gasteiger partial charge in [0.05, 0.1) is 18.1 Å². The van der Waals surface area contributed by atoms with E-state index in [2.05, 4.69) is 0 Å². The highest BCUT2D eigenvalue weighted by molar-refractivity contribution is 6.00. The number of Topliss-reactive ketones (excluding diaryl/α,β-unsaturated/α-hetero) is 1. The predicted molar refractivity (Wildman–Crippen MR) is 90.3 cm³/mol. The van der Waals surface area contributed by atoms with Crippen LogP contribution in [0.3, 0.4) is 0 Å². The maximum atomic E-state index is 12.9. The number of ketones is 1. The molecule has 1 N–H and O–H groups in total. The average molecular weight is 341 g/mol. The van der Waals surface area contributed by atoms with Gasteiger partial charge < -0.3 is 14.7 Å². The molecule has 4 aliphatic rings. The quantitative estimate of drug-likeness (QED) is 0.849. The lowest BCUT2D eigenvalue weighted by atomic mass is 9.84. The number of hydrogen-bond donors (Lipinski definition) is 1. The molecule has 0 bridgehead atoms. The first kappa shape index (κ1) is 15.4. The minimum absolute atomic E-state index is 0.00190. The van der Waals surface area contributed by atoms with E-state index in [1.807, 2.05) is 29.2 Å². The fraction of sp³-hybridized carbons (Fsp3) is 0.600. The molecule has 1 aromatic rings. The molecule has 0 radical (unpaired) electrons. The van der Waals surface area contributed by atoms with Gasteiger partial charge in [0.25, 0.3) is 0 Å². The van der Waals surface area contributed by atoms with E-state index in [4.69, 9.17) is 4.74 Å². The van der Waals surface area contributed by atoms with Gasteiger partial charge in [0.1, 0.15) is 11.4 Å². The molecule has 0 aromatic heterocycles.